The van der Waals surface area contributed by atoms with Gasteiger partial charge in [-0.1, -0.05) is 73.7 Å². The number of aromatic nitrogens is 2. The molecular weight excluding hydrogens is 328 g/mol. The Labute approximate surface area is 159 Å². The predicted molar refractivity (Wildman–Crippen MR) is 112 cm³/mol. The van der Waals surface area contributed by atoms with Gasteiger partial charge in [0.2, 0.25) is 0 Å². The van der Waals surface area contributed by atoms with Crippen LogP contribution in [0.1, 0.15) is 18.1 Å². The monoisotopic (exact) mass is 348 g/mol. The topological polar surface area (TPSA) is 25.8 Å². The summed E-state index contributed by atoms with van der Waals surface area (Å²) in [7, 11) is 0. The first kappa shape index (κ1) is 16.0. The number of hydrogen-bond acceptors (Lipinski definition) is 2. The van der Waals surface area contributed by atoms with Gasteiger partial charge in [-0.05, 0) is 46.4 Å². The summed E-state index contributed by atoms with van der Waals surface area (Å²) in [6.45, 7) is 2.27. The minimum Gasteiger partial charge on any atom is -0.236 e. The van der Waals surface area contributed by atoms with Crippen molar-refractivity contribution in [1.82, 2.24) is 9.97 Å². The molecule has 0 bridgehead atoms. The van der Waals surface area contributed by atoms with Crippen LogP contribution in [0.15, 0.2) is 79.1 Å². The standard InChI is InChI=1S/C25H20N2/c1-17-7-11-22-19(13-17)8-9-20-14-21(10-12-23(20)22)25-15-24(26-16-27-25)18-5-3-2-4-6-18/h2-12,14-17H,13H2,1H3. The van der Waals surface area contributed by atoms with E-state index in [9.17, 15) is 0 Å². The van der Waals surface area contributed by atoms with Gasteiger partial charge in [-0.15, -0.1) is 0 Å². The molecule has 0 N–H and O–H groups in total. The third-order valence-corrected chi connectivity index (χ3v) is 5.32. The van der Waals surface area contributed by atoms with Crippen molar-refractivity contribution in [3.8, 4) is 22.5 Å². The van der Waals surface area contributed by atoms with Crippen LogP contribution in [0.2, 0.25) is 0 Å². The number of nitrogens with zero attached hydrogens (tertiary/aromatic N) is 2. The molecule has 4 aromatic rings. The third-order valence-electron chi connectivity index (χ3n) is 5.32. The summed E-state index contributed by atoms with van der Waals surface area (Å²) in [5, 5.41) is 2.57. The fourth-order valence-electron chi connectivity index (χ4n) is 3.89. The summed E-state index contributed by atoms with van der Waals surface area (Å²) < 4.78 is 0. The minimum atomic E-state index is 0.617. The molecule has 2 heteroatoms. The van der Waals surface area contributed by atoms with Crippen LogP contribution in [0.3, 0.4) is 0 Å². The predicted octanol–water partition coefficient (Wildman–Crippen LogP) is 6.17. The van der Waals surface area contributed by atoms with Crippen molar-refractivity contribution in [2.24, 2.45) is 5.92 Å². The van der Waals surface area contributed by atoms with Gasteiger partial charge < -0.3 is 0 Å². The van der Waals surface area contributed by atoms with Crippen LogP contribution in [0.25, 0.3) is 39.4 Å². The molecule has 3 aromatic carbocycles. The number of allylic oxidation sites excluding steroid dienone is 1. The van der Waals surface area contributed by atoms with Crippen LogP contribution in [0.5, 0.6) is 0 Å². The van der Waals surface area contributed by atoms with Gasteiger partial charge in [0.15, 0.2) is 0 Å². The molecule has 27 heavy (non-hydrogen) atoms. The molecule has 5 rings (SSSR count). The Morgan fingerprint density at radius 1 is 0.815 bits per heavy atom. The molecular formula is C25H20N2. The highest BCUT2D eigenvalue weighted by Crippen LogP contribution is 2.32. The van der Waals surface area contributed by atoms with Crippen LogP contribution in [0, 0.1) is 5.92 Å². The molecule has 1 atom stereocenters. The van der Waals surface area contributed by atoms with E-state index in [1.165, 1.54) is 21.9 Å². The lowest BCUT2D eigenvalue weighted by atomic mass is 9.87. The quantitative estimate of drug-likeness (QED) is 0.433. The lowest BCUT2D eigenvalue weighted by molar-refractivity contribution is 0.718. The second kappa shape index (κ2) is 6.48. The SMILES string of the molecule is CC1C=Cc2c(ccc3cc(-c4cc(-c5ccccc5)ncn4)ccc23)C1. The normalized spacial score (nSPS) is 15.7. The summed E-state index contributed by atoms with van der Waals surface area (Å²) in [5.74, 6) is 0.617. The molecule has 0 saturated heterocycles. The van der Waals surface area contributed by atoms with E-state index in [0.29, 0.717) is 5.92 Å². The van der Waals surface area contributed by atoms with Crippen molar-refractivity contribution in [3.63, 3.8) is 0 Å². The number of hydrogen-bond donors (Lipinski definition) is 0. The Bertz CT molecular complexity index is 1160. The van der Waals surface area contributed by atoms with E-state index < -0.39 is 0 Å². The molecule has 0 amide bonds. The fourth-order valence-corrected chi connectivity index (χ4v) is 3.89. The molecule has 0 aliphatic heterocycles. The second-order valence-corrected chi connectivity index (χ2v) is 7.27. The van der Waals surface area contributed by atoms with Crippen LogP contribution in [-0.2, 0) is 6.42 Å². The summed E-state index contributed by atoms with van der Waals surface area (Å²) >= 11 is 0. The Balaban J connectivity index is 1.59. The Morgan fingerprint density at radius 3 is 2.48 bits per heavy atom. The van der Waals surface area contributed by atoms with Gasteiger partial charge in [-0.3, -0.25) is 0 Å². The fraction of sp³-hybridized carbons (Fsp3) is 0.120. The largest absolute Gasteiger partial charge is 0.236 e. The van der Waals surface area contributed by atoms with Crippen molar-refractivity contribution >= 4 is 16.8 Å². The minimum absolute atomic E-state index is 0.617. The lowest BCUT2D eigenvalue weighted by Gasteiger charge is -2.18. The zero-order chi connectivity index (χ0) is 18.2. The van der Waals surface area contributed by atoms with E-state index in [4.69, 9.17) is 0 Å². The third kappa shape index (κ3) is 2.93. The first-order valence-electron chi connectivity index (χ1n) is 9.39. The van der Waals surface area contributed by atoms with Gasteiger partial charge in [-0.25, -0.2) is 9.97 Å². The van der Waals surface area contributed by atoms with Gasteiger partial charge in [0.05, 0.1) is 11.4 Å². The van der Waals surface area contributed by atoms with Crippen LogP contribution in [0.4, 0.5) is 0 Å². The molecule has 1 aromatic heterocycles. The highest BCUT2D eigenvalue weighted by Gasteiger charge is 2.13. The Kier molecular flexibility index (Phi) is 3.83. The van der Waals surface area contributed by atoms with Gasteiger partial charge in [0.25, 0.3) is 0 Å². The molecule has 1 aliphatic carbocycles. The summed E-state index contributed by atoms with van der Waals surface area (Å²) in [6, 6.07) is 23.5. The number of rotatable bonds is 2. The molecule has 1 aliphatic rings. The smallest absolute Gasteiger partial charge is 0.116 e. The maximum atomic E-state index is 4.51. The van der Waals surface area contributed by atoms with E-state index >= 15 is 0 Å². The maximum Gasteiger partial charge on any atom is 0.116 e. The van der Waals surface area contributed by atoms with Crippen LogP contribution < -0.4 is 0 Å². The van der Waals surface area contributed by atoms with Crippen LogP contribution in [-0.4, -0.2) is 9.97 Å². The Morgan fingerprint density at radius 2 is 1.63 bits per heavy atom. The molecule has 0 saturated carbocycles. The van der Waals surface area contributed by atoms with E-state index in [0.717, 1.165) is 28.9 Å². The first-order chi connectivity index (χ1) is 13.3. The van der Waals surface area contributed by atoms with Crippen LogP contribution >= 0.6 is 0 Å². The highest BCUT2D eigenvalue weighted by atomic mass is 14.8. The summed E-state index contributed by atoms with van der Waals surface area (Å²) in [5.41, 5.74) is 6.93. The van der Waals surface area contributed by atoms with E-state index in [1.807, 2.05) is 18.2 Å². The van der Waals surface area contributed by atoms with Crippen molar-refractivity contribution in [2.75, 3.05) is 0 Å². The highest BCUT2D eigenvalue weighted by molar-refractivity contribution is 5.95. The van der Waals surface area contributed by atoms with E-state index in [1.54, 1.807) is 6.33 Å². The van der Waals surface area contributed by atoms with Gasteiger partial charge in [0.1, 0.15) is 6.33 Å². The van der Waals surface area contributed by atoms with E-state index in [2.05, 4.69) is 77.6 Å². The van der Waals surface area contributed by atoms with Crippen molar-refractivity contribution in [1.29, 1.82) is 0 Å². The average molecular weight is 348 g/mol. The molecule has 0 spiro atoms. The van der Waals surface area contributed by atoms with Gasteiger partial charge in [-0.2, -0.15) is 0 Å². The molecule has 0 fully saturated rings. The van der Waals surface area contributed by atoms with Crippen molar-refractivity contribution < 1.29 is 0 Å². The summed E-state index contributed by atoms with van der Waals surface area (Å²) in [4.78, 5) is 8.96. The Hall–Kier alpha value is -3.26. The molecule has 2 nitrogen and oxygen atoms in total. The lowest BCUT2D eigenvalue weighted by Crippen LogP contribution is -2.03. The van der Waals surface area contributed by atoms with Gasteiger partial charge >= 0.3 is 0 Å². The molecule has 1 unspecified atom stereocenters. The zero-order valence-corrected chi connectivity index (χ0v) is 15.3. The van der Waals surface area contributed by atoms with Crippen molar-refractivity contribution in [2.45, 2.75) is 13.3 Å². The number of benzene rings is 3. The zero-order valence-electron chi connectivity index (χ0n) is 15.3. The van der Waals surface area contributed by atoms with E-state index in [-0.39, 0.29) is 0 Å². The summed E-state index contributed by atoms with van der Waals surface area (Å²) in [6.07, 6.45) is 7.37. The number of fused-ring (bicyclic) bond motifs is 3. The second-order valence-electron chi connectivity index (χ2n) is 7.27. The molecule has 130 valence electrons. The average Bonchev–Trinajstić information content (AvgIpc) is 2.74. The van der Waals surface area contributed by atoms with Crippen molar-refractivity contribution in [3.05, 3.63) is 90.3 Å². The van der Waals surface area contributed by atoms with Gasteiger partial charge in [0, 0.05) is 11.1 Å². The molecule has 0 radical (unpaired) electrons. The first-order valence-corrected chi connectivity index (χ1v) is 9.39. The molecule has 1 heterocycles. The maximum absolute atomic E-state index is 4.51.